The molecular weight excluding hydrogens is 294 g/mol. The second-order valence-electron chi connectivity index (χ2n) is 5.68. The standard InChI is InChI=1S/C16H17N5O2/c17-9-11-10-3-1-2-4-12(10)20-13(11)14(22)21-16(15(18)23)5-7-19-8-6-16/h1-4,19-20H,5-8H2,(H2,18,23)(H,21,22). The van der Waals surface area contributed by atoms with Gasteiger partial charge in [-0.3, -0.25) is 9.59 Å². The van der Waals surface area contributed by atoms with Gasteiger partial charge in [-0.15, -0.1) is 0 Å². The summed E-state index contributed by atoms with van der Waals surface area (Å²) >= 11 is 0. The lowest BCUT2D eigenvalue weighted by Gasteiger charge is -2.35. The number of benzene rings is 1. The van der Waals surface area contributed by atoms with Gasteiger partial charge < -0.3 is 21.4 Å². The van der Waals surface area contributed by atoms with E-state index in [9.17, 15) is 14.9 Å². The summed E-state index contributed by atoms with van der Waals surface area (Å²) in [6.07, 6.45) is 0.854. The van der Waals surface area contributed by atoms with E-state index in [1.807, 2.05) is 6.07 Å². The molecule has 2 amide bonds. The fraction of sp³-hybridized carbons (Fsp3) is 0.312. The normalized spacial score (nSPS) is 16.7. The van der Waals surface area contributed by atoms with E-state index in [0.29, 0.717) is 36.8 Å². The molecule has 0 spiro atoms. The van der Waals surface area contributed by atoms with E-state index in [4.69, 9.17) is 5.73 Å². The van der Waals surface area contributed by atoms with E-state index >= 15 is 0 Å². The number of H-pyrrole nitrogens is 1. The second kappa shape index (κ2) is 5.74. The quantitative estimate of drug-likeness (QED) is 0.654. The summed E-state index contributed by atoms with van der Waals surface area (Å²) in [5.74, 6) is -1.04. The van der Waals surface area contributed by atoms with E-state index in [1.54, 1.807) is 18.2 Å². The highest BCUT2D eigenvalue weighted by Crippen LogP contribution is 2.23. The fourth-order valence-electron chi connectivity index (χ4n) is 2.99. The zero-order valence-corrected chi connectivity index (χ0v) is 12.5. The minimum Gasteiger partial charge on any atom is -0.368 e. The number of piperidine rings is 1. The number of carbonyl (C=O) groups excluding carboxylic acids is 2. The molecule has 118 valence electrons. The molecule has 0 bridgehead atoms. The van der Waals surface area contributed by atoms with Crippen molar-refractivity contribution in [1.82, 2.24) is 15.6 Å². The number of hydrogen-bond donors (Lipinski definition) is 4. The zero-order chi connectivity index (χ0) is 16.4. The number of fused-ring (bicyclic) bond motifs is 1. The summed E-state index contributed by atoms with van der Waals surface area (Å²) in [6, 6.07) is 9.25. The number of nitrogens with zero attached hydrogens (tertiary/aromatic N) is 1. The van der Waals surface area contributed by atoms with Crippen LogP contribution in [0.4, 0.5) is 0 Å². The third-order valence-corrected chi connectivity index (χ3v) is 4.33. The van der Waals surface area contributed by atoms with Crippen LogP contribution in [0.15, 0.2) is 24.3 Å². The number of nitrogens with one attached hydrogen (secondary N) is 3. The molecule has 0 saturated carbocycles. The minimum atomic E-state index is -1.08. The maximum atomic E-state index is 12.7. The number of para-hydroxylation sites is 1. The number of primary amides is 1. The number of amides is 2. The Labute approximate surface area is 132 Å². The lowest BCUT2D eigenvalue weighted by atomic mass is 9.87. The largest absolute Gasteiger partial charge is 0.368 e. The Hall–Kier alpha value is -2.85. The molecule has 7 heteroatoms. The van der Waals surface area contributed by atoms with Gasteiger partial charge in [0.05, 0.1) is 5.56 Å². The molecule has 2 heterocycles. The molecule has 1 aromatic heterocycles. The molecular formula is C16H17N5O2. The number of nitriles is 1. The maximum absolute atomic E-state index is 12.7. The highest BCUT2D eigenvalue weighted by molar-refractivity contribution is 6.04. The number of aromatic nitrogens is 1. The van der Waals surface area contributed by atoms with Gasteiger partial charge in [-0.05, 0) is 32.0 Å². The Morgan fingerprint density at radius 2 is 1.96 bits per heavy atom. The number of nitrogens with two attached hydrogens (primary N) is 1. The van der Waals surface area contributed by atoms with Crippen molar-refractivity contribution in [1.29, 1.82) is 5.26 Å². The first-order valence-corrected chi connectivity index (χ1v) is 7.41. The Morgan fingerprint density at radius 3 is 2.61 bits per heavy atom. The van der Waals surface area contributed by atoms with Crippen molar-refractivity contribution < 1.29 is 9.59 Å². The molecule has 3 rings (SSSR count). The predicted molar refractivity (Wildman–Crippen MR) is 84.5 cm³/mol. The summed E-state index contributed by atoms with van der Waals surface area (Å²) in [5.41, 5.74) is 5.57. The van der Waals surface area contributed by atoms with Crippen LogP contribution in [0.2, 0.25) is 0 Å². The summed E-state index contributed by atoms with van der Waals surface area (Å²) in [4.78, 5) is 27.5. The van der Waals surface area contributed by atoms with Crippen LogP contribution in [0.3, 0.4) is 0 Å². The SMILES string of the molecule is N#Cc1c(C(=O)NC2(C(N)=O)CCNCC2)[nH]c2ccccc12. The van der Waals surface area contributed by atoms with Crippen LogP contribution in [-0.2, 0) is 4.79 Å². The number of hydrogen-bond acceptors (Lipinski definition) is 4. The minimum absolute atomic E-state index is 0.160. The average molecular weight is 311 g/mol. The molecule has 0 atom stereocenters. The van der Waals surface area contributed by atoms with E-state index in [1.165, 1.54) is 0 Å². The molecule has 1 fully saturated rings. The van der Waals surface area contributed by atoms with Crippen molar-refractivity contribution in [3.8, 4) is 6.07 Å². The first-order chi connectivity index (χ1) is 11.1. The summed E-state index contributed by atoms with van der Waals surface area (Å²) < 4.78 is 0. The Bertz CT molecular complexity index is 811. The van der Waals surface area contributed by atoms with Gasteiger partial charge in [-0.1, -0.05) is 18.2 Å². The zero-order valence-electron chi connectivity index (χ0n) is 12.5. The number of carbonyl (C=O) groups is 2. The monoisotopic (exact) mass is 311 g/mol. The van der Waals surface area contributed by atoms with Crippen molar-refractivity contribution in [2.75, 3.05) is 13.1 Å². The van der Waals surface area contributed by atoms with Crippen LogP contribution in [0, 0.1) is 11.3 Å². The molecule has 0 unspecified atom stereocenters. The molecule has 1 saturated heterocycles. The van der Waals surface area contributed by atoms with Crippen molar-refractivity contribution >= 4 is 22.7 Å². The van der Waals surface area contributed by atoms with Crippen LogP contribution in [0.25, 0.3) is 10.9 Å². The topological polar surface area (TPSA) is 124 Å². The van der Waals surface area contributed by atoms with Crippen LogP contribution in [-0.4, -0.2) is 35.4 Å². The highest BCUT2D eigenvalue weighted by atomic mass is 16.2. The summed E-state index contributed by atoms with van der Waals surface area (Å²) in [6.45, 7) is 1.20. The van der Waals surface area contributed by atoms with Crippen LogP contribution in [0.1, 0.15) is 28.9 Å². The first kappa shape index (κ1) is 15.1. The van der Waals surface area contributed by atoms with Crippen LogP contribution < -0.4 is 16.4 Å². The molecule has 1 aliphatic rings. The molecule has 5 N–H and O–H groups in total. The van der Waals surface area contributed by atoms with Gasteiger partial charge in [-0.2, -0.15) is 5.26 Å². The van der Waals surface area contributed by atoms with Crippen molar-refractivity contribution in [3.63, 3.8) is 0 Å². The maximum Gasteiger partial charge on any atom is 0.269 e. The third-order valence-electron chi connectivity index (χ3n) is 4.33. The van der Waals surface area contributed by atoms with Gasteiger partial charge >= 0.3 is 0 Å². The lowest BCUT2D eigenvalue weighted by Crippen LogP contribution is -2.61. The van der Waals surface area contributed by atoms with E-state index in [-0.39, 0.29) is 11.3 Å². The van der Waals surface area contributed by atoms with Crippen molar-refractivity contribution in [2.45, 2.75) is 18.4 Å². The first-order valence-electron chi connectivity index (χ1n) is 7.41. The Balaban J connectivity index is 1.97. The van der Waals surface area contributed by atoms with E-state index in [0.717, 1.165) is 0 Å². The van der Waals surface area contributed by atoms with Crippen molar-refractivity contribution in [3.05, 3.63) is 35.5 Å². The Kier molecular flexibility index (Phi) is 3.76. The molecule has 1 aliphatic heterocycles. The predicted octanol–water partition coefficient (Wildman–Crippen LogP) is 0.377. The highest BCUT2D eigenvalue weighted by Gasteiger charge is 2.40. The van der Waals surface area contributed by atoms with Gasteiger partial charge in [0, 0.05) is 10.9 Å². The Morgan fingerprint density at radius 1 is 1.26 bits per heavy atom. The molecule has 0 aliphatic carbocycles. The molecule has 1 aromatic carbocycles. The van der Waals surface area contributed by atoms with Gasteiger partial charge in [-0.25, -0.2) is 0 Å². The van der Waals surface area contributed by atoms with Gasteiger partial charge in [0.15, 0.2) is 0 Å². The van der Waals surface area contributed by atoms with Gasteiger partial charge in [0.25, 0.3) is 5.91 Å². The van der Waals surface area contributed by atoms with E-state index < -0.39 is 17.4 Å². The molecule has 2 aromatic rings. The number of rotatable bonds is 3. The number of aromatic amines is 1. The molecule has 7 nitrogen and oxygen atoms in total. The summed E-state index contributed by atoms with van der Waals surface area (Å²) in [7, 11) is 0. The second-order valence-corrected chi connectivity index (χ2v) is 5.68. The summed E-state index contributed by atoms with van der Waals surface area (Å²) in [5, 5.41) is 15.9. The van der Waals surface area contributed by atoms with Crippen LogP contribution in [0.5, 0.6) is 0 Å². The van der Waals surface area contributed by atoms with Crippen molar-refractivity contribution in [2.24, 2.45) is 5.73 Å². The lowest BCUT2D eigenvalue weighted by molar-refractivity contribution is -0.125. The van der Waals surface area contributed by atoms with Gasteiger partial charge in [0.2, 0.25) is 5.91 Å². The van der Waals surface area contributed by atoms with Crippen LogP contribution >= 0.6 is 0 Å². The third kappa shape index (κ3) is 2.53. The average Bonchev–Trinajstić information content (AvgIpc) is 2.94. The molecule has 0 radical (unpaired) electrons. The van der Waals surface area contributed by atoms with Gasteiger partial charge in [0.1, 0.15) is 17.3 Å². The smallest absolute Gasteiger partial charge is 0.269 e. The fourth-order valence-corrected chi connectivity index (χ4v) is 2.99. The molecule has 23 heavy (non-hydrogen) atoms. The van der Waals surface area contributed by atoms with E-state index in [2.05, 4.69) is 21.7 Å².